The highest BCUT2D eigenvalue weighted by Crippen LogP contribution is 2.28. The van der Waals surface area contributed by atoms with Gasteiger partial charge in [-0.2, -0.15) is 5.10 Å². The van der Waals surface area contributed by atoms with Gasteiger partial charge in [-0.15, -0.1) is 0 Å². The maximum absolute atomic E-state index is 4.45. The van der Waals surface area contributed by atoms with Crippen molar-refractivity contribution in [3.63, 3.8) is 0 Å². The Hall–Kier alpha value is -2.30. The molecule has 1 aromatic heterocycles. The van der Waals surface area contributed by atoms with Crippen LogP contribution in [0.5, 0.6) is 0 Å². The molecule has 5 heteroatoms. The lowest BCUT2D eigenvalue weighted by atomic mass is 9.93. The van der Waals surface area contributed by atoms with E-state index in [1.807, 2.05) is 30.2 Å². The quantitative estimate of drug-likeness (QED) is 0.694. The summed E-state index contributed by atoms with van der Waals surface area (Å²) in [6, 6.07) is 10.6. The second-order valence-corrected chi connectivity index (χ2v) is 7.26. The number of guanidine groups is 1. The summed E-state index contributed by atoms with van der Waals surface area (Å²) in [5, 5.41) is 7.77. The van der Waals surface area contributed by atoms with Gasteiger partial charge in [0, 0.05) is 39.1 Å². The van der Waals surface area contributed by atoms with Gasteiger partial charge in [0.15, 0.2) is 5.96 Å². The van der Waals surface area contributed by atoms with Crippen LogP contribution in [0.25, 0.3) is 0 Å². The largest absolute Gasteiger partial charge is 0.352 e. The molecule has 1 fully saturated rings. The van der Waals surface area contributed by atoms with Crippen molar-refractivity contribution in [2.24, 2.45) is 10.4 Å². The predicted octanol–water partition coefficient (Wildman–Crippen LogP) is 2.74. The average molecular weight is 325 g/mol. The molecule has 1 aromatic carbocycles. The number of hydrogen-bond donors (Lipinski definition) is 1. The minimum atomic E-state index is 0.376. The SMILES string of the molecule is CN=C(NCc1cccc(Cn2cccn2)c1)N1CCC(C)(C)C1. The average Bonchev–Trinajstić information content (AvgIpc) is 3.18. The molecule has 3 rings (SSSR count). The predicted molar refractivity (Wildman–Crippen MR) is 97.9 cm³/mol. The number of aromatic nitrogens is 2. The Kier molecular flexibility index (Phi) is 4.88. The molecule has 1 aliphatic heterocycles. The summed E-state index contributed by atoms with van der Waals surface area (Å²) in [6.45, 7) is 8.36. The summed E-state index contributed by atoms with van der Waals surface area (Å²) in [7, 11) is 1.86. The lowest BCUT2D eigenvalue weighted by Gasteiger charge is -2.23. The fourth-order valence-corrected chi connectivity index (χ4v) is 3.23. The third-order valence-corrected chi connectivity index (χ3v) is 4.53. The van der Waals surface area contributed by atoms with Gasteiger partial charge in [0.05, 0.1) is 6.54 Å². The molecule has 128 valence electrons. The van der Waals surface area contributed by atoms with Crippen molar-refractivity contribution in [2.45, 2.75) is 33.4 Å². The van der Waals surface area contributed by atoms with Gasteiger partial charge in [0.25, 0.3) is 0 Å². The molecule has 2 heterocycles. The highest BCUT2D eigenvalue weighted by Gasteiger charge is 2.30. The van der Waals surface area contributed by atoms with Gasteiger partial charge in [-0.05, 0) is 29.0 Å². The molecule has 2 aromatic rings. The number of nitrogens with zero attached hydrogens (tertiary/aromatic N) is 4. The van der Waals surface area contributed by atoms with Crippen LogP contribution < -0.4 is 5.32 Å². The van der Waals surface area contributed by atoms with Gasteiger partial charge in [-0.25, -0.2) is 0 Å². The Morgan fingerprint density at radius 1 is 1.29 bits per heavy atom. The van der Waals surface area contributed by atoms with Crippen LogP contribution in [0.15, 0.2) is 47.7 Å². The number of likely N-dealkylation sites (tertiary alicyclic amines) is 1. The van der Waals surface area contributed by atoms with Crippen molar-refractivity contribution in [2.75, 3.05) is 20.1 Å². The van der Waals surface area contributed by atoms with E-state index in [1.54, 1.807) is 0 Å². The number of benzene rings is 1. The summed E-state index contributed by atoms with van der Waals surface area (Å²) in [5.41, 5.74) is 2.90. The first kappa shape index (κ1) is 16.6. The Morgan fingerprint density at radius 2 is 2.12 bits per heavy atom. The Labute approximate surface area is 144 Å². The first-order chi connectivity index (χ1) is 11.6. The summed E-state index contributed by atoms with van der Waals surface area (Å²) >= 11 is 0. The van der Waals surface area contributed by atoms with Crippen LogP contribution in [0.1, 0.15) is 31.4 Å². The summed E-state index contributed by atoms with van der Waals surface area (Å²) in [5.74, 6) is 0.998. The Morgan fingerprint density at radius 3 is 2.79 bits per heavy atom. The highest BCUT2D eigenvalue weighted by molar-refractivity contribution is 5.80. The third-order valence-electron chi connectivity index (χ3n) is 4.53. The van der Waals surface area contributed by atoms with E-state index in [0.717, 1.165) is 32.1 Å². The molecule has 1 aliphatic rings. The number of rotatable bonds is 4. The van der Waals surface area contributed by atoms with Crippen LogP contribution in [0.3, 0.4) is 0 Å². The summed E-state index contributed by atoms with van der Waals surface area (Å²) in [4.78, 5) is 6.81. The van der Waals surface area contributed by atoms with Gasteiger partial charge >= 0.3 is 0 Å². The van der Waals surface area contributed by atoms with Crippen molar-refractivity contribution in [3.8, 4) is 0 Å². The minimum Gasteiger partial charge on any atom is -0.352 e. The van der Waals surface area contributed by atoms with Crippen molar-refractivity contribution in [1.29, 1.82) is 0 Å². The molecule has 5 nitrogen and oxygen atoms in total. The third kappa shape index (κ3) is 4.16. The van der Waals surface area contributed by atoms with Crippen molar-refractivity contribution in [3.05, 3.63) is 53.9 Å². The van der Waals surface area contributed by atoms with E-state index in [2.05, 4.69) is 58.4 Å². The molecule has 0 amide bonds. The smallest absolute Gasteiger partial charge is 0.193 e. The van der Waals surface area contributed by atoms with E-state index in [0.29, 0.717) is 5.41 Å². The van der Waals surface area contributed by atoms with E-state index in [-0.39, 0.29) is 0 Å². The number of hydrogen-bond acceptors (Lipinski definition) is 2. The fourth-order valence-electron chi connectivity index (χ4n) is 3.23. The fraction of sp³-hybridized carbons (Fsp3) is 0.474. The lowest BCUT2D eigenvalue weighted by Crippen LogP contribution is -2.40. The van der Waals surface area contributed by atoms with Crippen LogP contribution in [0.4, 0.5) is 0 Å². The maximum Gasteiger partial charge on any atom is 0.193 e. The molecular weight excluding hydrogens is 298 g/mol. The van der Waals surface area contributed by atoms with Crippen molar-refractivity contribution >= 4 is 5.96 Å². The zero-order valence-electron chi connectivity index (χ0n) is 14.9. The first-order valence-electron chi connectivity index (χ1n) is 8.57. The molecule has 0 atom stereocenters. The maximum atomic E-state index is 4.45. The van der Waals surface area contributed by atoms with Crippen LogP contribution in [0.2, 0.25) is 0 Å². The van der Waals surface area contributed by atoms with Gasteiger partial charge in [0.1, 0.15) is 0 Å². The van der Waals surface area contributed by atoms with E-state index >= 15 is 0 Å². The highest BCUT2D eigenvalue weighted by atomic mass is 15.3. The minimum absolute atomic E-state index is 0.376. The topological polar surface area (TPSA) is 45.5 Å². The molecule has 0 aliphatic carbocycles. The Balaban J connectivity index is 1.59. The van der Waals surface area contributed by atoms with Crippen LogP contribution in [-0.2, 0) is 13.1 Å². The van der Waals surface area contributed by atoms with Crippen LogP contribution >= 0.6 is 0 Å². The summed E-state index contributed by atoms with van der Waals surface area (Å²) in [6.07, 6.45) is 5.02. The molecule has 0 spiro atoms. The van der Waals surface area contributed by atoms with Crippen molar-refractivity contribution < 1.29 is 0 Å². The molecule has 1 N–H and O–H groups in total. The van der Waals surface area contributed by atoms with E-state index in [9.17, 15) is 0 Å². The zero-order chi connectivity index (χ0) is 17.0. The normalized spacial score (nSPS) is 17.3. The van der Waals surface area contributed by atoms with Crippen molar-refractivity contribution in [1.82, 2.24) is 20.0 Å². The Bertz CT molecular complexity index is 688. The van der Waals surface area contributed by atoms with Gasteiger partial charge in [-0.1, -0.05) is 38.1 Å². The lowest BCUT2D eigenvalue weighted by molar-refractivity contribution is 0.370. The standard InChI is InChI=1S/C19H27N5/c1-19(2)8-11-23(15-19)18(20-3)21-13-16-6-4-7-17(12-16)14-24-10-5-9-22-24/h4-7,9-10,12H,8,11,13-15H2,1-3H3,(H,20,21). The van der Waals surface area contributed by atoms with E-state index in [4.69, 9.17) is 0 Å². The van der Waals surface area contributed by atoms with E-state index in [1.165, 1.54) is 17.5 Å². The molecule has 1 saturated heterocycles. The second kappa shape index (κ2) is 7.07. The van der Waals surface area contributed by atoms with E-state index < -0.39 is 0 Å². The molecule has 0 saturated carbocycles. The number of nitrogens with one attached hydrogen (secondary N) is 1. The molecule has 0 bridgehead atoms. The molecule has 0 radical (unpaired) electrons. The summed E-state index contributed by atoms with van der Waals surface area (Å²) < 4.78 is 1.94. The zero-order valence-corrected chi connectivity index (χ0v) is 14.9. The number of aliphatic imine (C=N–C) groups is 1. The van der Waals surface area contributed by atoms with Gasteiger partial charge < -0.3 is 10.2 Å². The molecule has 0 unspecified atom stereocenters. The second-order valence-electron chi connectivity index (χ2n) is 7.26. The van der Waals surface area contributed by atoms with Crippen LogP contribution in [0, 0.1) is 5.41 Å². The van der Waals surface area contributed by atoms with Crippen LogP contribution in [-0.4, -0.2) is 40.8 Å². The molecular formula is C19H27N5. The molecule has 24 heavy (non-hydrogen) atoms. The monoisotopic (exact) mass is 325 g/mol. The van der Waals surface area contributed by atoms with Gasteiger partial charge in [-0.3, -0.25) is 9.67 Å². The first-order valence-corrected chi connectivity index (χ1v) is 8.57. The van der Waals surface area contributed by atoms with Gasteiger partial charge in [0.2, 0.25) is 0 Å².